The maximum absolute atomic E-state index is 13.4. The van der Waals surface area contributed by atoms with Crippen molar-refractivity contribution in [1.82, 2.24) is 9.97 Å². The van der Waals surface area contributed by atoms with E-state index >= 15 is 0 Å². The second-order valence-electron chi connectivity index (χ2n) is 5.60. The lowest BCUT2D eigenvalue weighted by Gasteiger charge is -2.20. The van der Waals surface area contributed by atoms with E-state index in [1.165, 1.54) is 0 Å². The van der Waals surface area contributed by atoms with Gasteiger partial charge in [-0.15, -0.1) is 0 Å². The van der Waals surface area contributed by atoms with E-state index in [4.69, 9.17) is 11.6 Å². The molecular weight excluding hydrogens is 492 g/mol. The molecular formula is C18H13ClF3IN4. The van der Waals surface area contributed by atoms with E-state index < -0.39 is 11.7 Å². The zero-order valence-electron chi connectivity index (χ0n) is 13.9. The number of benzene rings is 2. The summed E-state index contributed by atoms with van der Waals surface area (Å²) < 4.78 is 41.1. The molecule has 0 radical (unpaired) electrons. The molecule has 0 fully saturated rings. The number of nitrogens with one attached hydrogen (secondary N) is 1. The van der Waals surface area contributed by atoms with E-state index in [0.717, 1.165) is 15.5 Å². The molecule has 9 heteroatoms. The van der Waals surface area contributed by atoms with Gasteiger partial charge < -0.3 is 10.2 Å². The molecule has 0 aliphatic carbocycles. The molecule has 0 bridgehead atoms. The molecule has 1 heterocycles. The van der Waals surface area contributed by atoms with Crippen LogP contribution in [0.1, 0.15) is 5.56 Å². The Morgan fingerprint density at radius 3 is 2.26 bits per heavy atom. The molecule has 0 aliphatic heterocycles. The fourth-order valence-electron chi connectivity index (χ4n) is 2.29. The van der Waals surface area contributed by atoms with Crippen LogP contribution >= 0.6 is 34.2 Å². The fraction of sp³-hybridized carbons (Fsp3) is 0.111. The number of hydrogen-bond donors (Lipinski definition) is 1. The van der Waals surface area contributed by atoms with Crippen molar-refractivity contribution >= 4 is 57.3 Å². The zero-order valence-corrected chi connectivity index (χ0v) is 16.8. The molecule has 0 saturated carbocycles. The summed E-state index contributed by atoms with van der Waals surface area (Å²) in [4.78, 5) is 9.61. The summed E-state index contributed by atoms with van der Waals surface area (Å²) in [6, 6.07) is 13.8. The summed E-state index contributed by atoms with van der Waals surface area (Å²) >= 11 is 8.00. The first kappa shape index (κ1) is 19.7. The third-order valence-electron chi connectivity index (χ3n) is 3.70. The summed E-state index contributed by atoms with van der Waals surface area (Å²) in [5.41, 5.74) is 0.247. The molecule has 0 unspecified atom stereocenters. The first-order chi connectivity index (χ1) is 12.7. The highest BCUT2D eigenvalue weighted by Gasteiger charge is 2.35. The largest absolute Gasteiger partial charge is 0.421 e. The molecule has 3 aromatic rings. The second kappa shape index (κ2) is 7.89. The highest BCUT2D eigenvalue weighted by atomic mass is 127. The van der Waals surface area contributed by atoms with E-state index in [1.54, 1.807) is 36.2 Å². The number of rotatable bonds is 4. The van der Waals surface area contributed by atoms with Crippen LogP contribution in [0.5, 0.6) is 0 Å². The number of hydrogen-bond acceptors (Lipinski definition) is 4. The van der Waals surface area contributed by atoms with Gasteiger partial charge in [0.1, 0.15) is 11.4 Å². The molecule has 0 atom stereocenters. The number of aromatic nitrogens is 2. The van der Waals surface area contributed by atoms with E-state index in [9.17, 15) is 13.2 Å². The topological polar surface area (TPSA) is 41.1 Å². The van der Waals surface area contributed by atoms with Crippen LogP contribution < -0.4 is 10.2 Å². The Hall–Kier alpha value is -2.07. The van der Waals surface area contributed by atoms with Crippen LogP contribution in [0.15, 0.2) is 54.7 Å². The molecule has 0 aliphatic rings. The molecule has 2 aromatic carbocycles. The monoisotopic (exact) mass is 504 g/mol. The van der Waals surface area contributed by atoms with Crippen LogP contribution in [0.3, 0.4) is 0 Å². The molecule has 0 spiro atoms. The Morgan fingerprint density at radius 1 is 1.04 bits per heavy atom. The predicted molar refractivity (Wildman–Crippen MR) is 109 cm³/mol. The van der Waals surface area contributed by atoms with Gasteiger partial charge in [-0.2, -0.15) is 18.2 Å². The lowest BCUT2D eigenvalue weighted by atomic mass is 10.2. The summed E-state index contributed by atoms with van der Waals surface area (Å²) in [6.07, 6.45) is -3.81. The van der Waals surface area contributed by atoms with Gasteiger partial charge in [0, 0.05) is 33.2 Å². The van der Waals surface area contributed by atoms with Crippen molar-refractivity contribution in [3.63, 3.8) is 0 Å². The highest BCUT2D eigenvalue weighted by molar-refractivity contribution is 14.1. The van der Waals surface area contributed by atoms with Crippen LogP contribution in [0, 0.1) is 3.57 Å². The summed E-state index contributed by atoms with van der Waals surface area (Å²) in [6.45, 7) is 0. The van der Waals surface area contributed by atoms with Crippen molar-refractivity contribution in [2.24, 2.45) is 0 Å². The Balaban J connectivity index is 1.99. The molecule has 1 N–H and O–H groups in total. The summed E-state index contributed by atoms with van der Waals surface area (Å²) in [7, 11) is 1.69. The average molecular weight is 505 g/mol. The van der Waals surface area contributed by atoms with Gasteiger partial charge in [-0.1, -0.05) is 11.6 Å². The Labute approximate surface area is 172 Å². The number of alkyl halides is 3. The standard InChI is InChI=1S/C18H13ClF3IN4/c1-27(14-8-4-12(23)5-9-14)17-24-10-15(18(20,21)22)16(26-17)25-13-6-2-11(19)3-7-13/h2-10H,1H3,(H,24,25,26). The SMILES string of the molecule is CN(c1ccc(I)cc1)c1ncc(C(F)(F)F)c(Nc2ccc(Cl)cc2)n1. The van der Waals surface area contributed by atoms with Crippen molar-refractivity contribution in [1.29, 1.82) is 0 Å². The van der Waals surface area contributed by atoms with Crippen LogP contribution in [-0.2, 0) is 6.18 Å². The van der Waals surface area contributed by atoms with Crippen LogP contribution in [0.2, 0.25) is 5.02 Å². The van der Waals surface area contributed by atoms with Crippen molar-refractivity contribution in [2.75, 3.05) is 17.3 Å². The molecule has 1 aromatic heterocycles. The van der Waals surface area contributed by atoms with Gasteiger partial charge in [0.2, 0.25) is 5.95 Å². The number of anilines is 4. The number of nitrogens with zero attached hydrogens (tertiary/aromatic N) is 3. The molecule has 0 saturated heterocycles. The molecule has 0 amide bonds. The fourth-order valence-corrected chi connectivity index (χ4v) is 2.77. The van der Waals surface area contributed by atoms with Crippen LogP contribution in [0.4, 0.5) is 36.3 Å². The van der Waals surface area contributed by atoms with Gasteiger partial charge in [0.15, 0.2) is 0 Å². The maximum atomic E-state index is 13.4. The van der Waals surface area contributed by atoms with Crippen molar-refractivity contribution < 1.29 is 13.2 Å². The minimum absolute atomic E-state index is 0.140. The zero-order chi connectivity index (χ0) is 19.6. The lowest BCUT2D eigenvalue weighted by molar-refractivity contribution is -0.137. The molecule has 27 heavy (non-hydrogen) atoms. The van der Waals surface area contributed by atoms with Crippen LogP contribution in [-0.4, -0.2) is 17.0 Å². The third-order valence-corrected chi connectivity index (χ3v) is 4.67. The Morgan fingerprint density at radius 2 is 1.67 bits per heavy atom. The third kappa shape index (κ3) is 4.81. The summed E-state index contributed by atoms with van der Waals surface area (Å²) in [5.74, 6) is -0.187. The van der Waals surface area contributed by atoms with E-state index in [0.29, 0.717) is 10.7 Å². The predicted octanol–water partition coefficient (Wildman–Crippen LogP) is 6.26. The van der Waals surface area contributed by atoms with Crippen molar-refractivity contribution in [3.8, 4) is 0 Å². The van der Waals surface area contributed by atoms with Crippen LogP contribution in [0.25, 0.3) is 0 Å². The van der Waals surface area contributed by atoms with Gasteiger partial charge in [-0.05, 0) is 71.1 Å². The van der Waals surface area contributed by atoms with Gasteiger partial charge in [-0.25, -0.2) is 4.98 Å². The van der Waals surface area contributed by atoms with E-state index in [-0.39, 0.29) is 11.8 Å². The van der Waals surface area contributed by atoms with E-state index in [1.807, 2.05) is 24.3 Å². The first-order valence-corrected chi connectivity index (χ1v) is 9.16. The van der Waals surface area contributed by atoms with Gasteiger partial charge in [0.05, 0.1) is 0 Å². The Kier molecular flexibility index (Phi) is 5.75. The molecule has 3 rings (SSSR count). The van der Waals surface area contributed by atoms with Gasteiger partial charge in [-0.3, -0.25) is 0 Å². The van der Waals surface area contributed by atoms with Gasteiger partial charge >= 0.3 is 6.18 Å². The minimum Gasteiger partial charge on any atom is -0.340 e. The molecule has 4 nitrogen and oxygen atoms in total. The second-order valence-corrected chi connectivity index (χ2v) is 7.28. The van der Waals surface area contributed by atoms with Crippen molar-refractivity contribution in [3.05, 3.63) is 68.9 Å². The maximum Gasteiger partial charge on any atom is 0.421 e. The first-order valence-electron chi connectivity index (χ1n) is 7.70. The smallest absolute Gasteiger partial charge is 0.340 e. The Bertz CT molecular complexity index is 931. The average Bonchev–Trinajstić information content (AvgIpc) is 2.63. The lowest BCUT2D eigenvalue weighted by Crippen LogP contribution is -2.17. The van der Waals surface area contributed by atoms with E-state index in [2.05, 4.69) is 37.9 Å². The van der Waals surface area contributed by atoms with Crippen molar-refractivity contribution in [2.45, 2.75) is 6.18 Å². The normalized spacial score (nSPS) is 11.3. The summed E-state index contributed by atoms with van der Waals surface area (Å²) in [5, 5.41) is 3.19. The highest BCUT2D eigenvalue weighted by Crippen LogP contribution is 2.36. The quantitative estimate of drug-likeness (QED) is 0.426. The number of halogens is 5. The minimum atomic E-state index is -4.59. The van der Waals surface area contributed by atoms with Gasteiger partial charge in [0.25, 0.3) is 0 Å². The molecule has 140 valence electrons.